The van der Waals surface area contributed by atoms with E-state index in [9.17, 15) is 32.3 Å². The molecule has 2 aromatic carbocycles. The summed E-state index contributed by atoms with van der Waals surface area (Å²) in [5.41, 5.74) is 1.11. The van der Waals surface area contributed by atoms with Gasteiger partial charge < -0.3 is 16.0 Å². The Morgan fingerprint density at radius 3 is 2.05 bits per heavy atom. The molecule has 3 rings (SSSR count). The summed E-state index contributed by atoms with van der Waals surface area (Å²) in [4.78, 5) is 59.6. The molecular formula is C29H29ClF3N5O4. The van der Waals surface area contributed by atoms with Crippen LogP contribution in [0.1, 0.15) is 35.5 Å². The van der Waals surface area contributed by atoms with Gasteiger partial charge in [-0.2, -0.15) is 13.2 Å². The number of halogens is 4. The molecule has 3 aromatic rings. The van der Waals surface area contributed by atoms with Crippen molar-refractivity contribution in [1.29, 1.82) is 0 Å². The van der Waals surface area contributed by atoms with E-state index in [2.05, 4.69) is 25.9 Å². The first-order valence-corrected chi connectivity index (χ1v) is 13.3. The first-order valence-electron chi connectivity index (χ1n) is 12.9. The van der Waals surface area contributed by atoms with Gasteiger partial charge in [0.05, 0.1) is 12.2 Å². The van der Waals surface area contributed by atoms with Crippen LogP contribution >= 0.6 is 11.6 Å². The number of nitrogens with one attached hydrogen (secondary N) is 3. The van der Waals surface area contributed by atoms with Crippen molar-refractivity contribution >= 4 is 35.1 Å². The maximum atomic E-state index is 13.6. The number of hydrogen-bond donors (Lipinski definition) is 3. The first-order chi connectivity index (χ1) is 19.8. The molecule has 0 fully saturated rings. The van der Waals surface area contributed by atoms with Gasteiger partial charge >= 0.3 is 6.18 Å². The molecule has 3 N–H and O–H groups in total. The summed E-state index contributed by atoms with van der Waals surface area (Å²) in [7, 11) is 0. The smallest absolute Gasteiger partial charge is 0.344 e. The van der Waals surface area contributed by atoms with Crippen molar-refractivity contribution in [3.05, 3.63) is 95.0 Å². The Morgan fingerprint density at radius 1 is 0.833 bits per heavy atom. The minimum atomic E-state index is -5.17. The molecule has 42 heavy (non-hydrogen) atoms. The van der Waals surface area contributed by atoms with Crippen LogP contribution in [0.5, 0.6) is 0 Å². The second kappa shape index (κ2) is 14.5. The van der Waals surface area contributed by atoms with E-state index in [1.807, 2.05) is 0 Å². The Balaban J connectivity index is 1.90. The van der Waals surface area contributed by atoms with E-state index in [0.29, 0.717) is 16.1 Å². The number of ketones is 1. The topological polar surface area (TPSA) is 130 Å². The number of alkyl halides is 3. The summed E-state index contributed by atoms with van der Waals surface area (Å²) in [5, 5.41) is 7.68. The lowest BCUT2D eigenvalue weighted by Gasteiger charge is -2.27. The van der Waals surface area contributed by atoms with Gasteiger partial charge in [0, 0.05) is 30.3 Å². The third-order valence-electron chi connectivity index (χ3n) is 6.19. The maximum absolute atomic E-state index is 13.6. The molecule has 9 nitrogen and oxygen atoms in total. The second-order valence-electron chi connectivity index (χ2n) is 9.79. The molecule has 0 aliphatic heterocycles. The van der Waals surface area contributed by atoms with E-state index in [1.165, 1.54) is 32.4 Å². The number of carbonyl (C=O) groups is 4. The largest absolute Gasteiger partial charge is 0.452 e. The standard InChI is InChI=1S/C29H29ClF3N5O4/c1-17(2)24(25(39)29(31,32)33)38-27(41)21(14-18-7-4-3-5-8-18)36-26(40)22(15-19-9-6-10-20(30)13-19)37-28(42)23-16-34-11-12-35-23/h3-13,16-17,21-22,24H,14-15H2,1-2H3,(H,36,40)(H,37,42)(H,38,41)/t21-,22+,24-/m0/s1. The molecule has 13 heteroatoms. The lowest BCUT2D eigenvalue weighted by atomic mass is 9.97. The van der Waals surface area contributed by atoms with Crippen molar-refractivity contribution in [2.45, 2.75) is 51.0 Å². The summed E-state index contributed by atoms with van der Waals surface area (Å²) < 4.78 is 39.7. The fourth-order valence-electron chi connectivity index (χ4n) is 4.05. The van der Waals surface area contributed by atoms with Crippen molar-refractivity contribution in [3.8, 4) is 0 Å². The van der Waals surface area contributed by atoms with Gasteiger partial charge in [0.15, 0.2) is 0 Å². The fraction of sp³-hybridized carbons (Fsp3) is 0.310. The highest BCUT2D eigenvalue weighted by atomic mass is 35.5. The van der Waals surface area contributed by atoms with Crippen LogP contribution in [0.25, 0.3) is 0 Å². The molecule has 0 saturated carbocycles. The van der Waals surface area contributed by atoms with E-state index in [-0.39, 0.29) is 18.5 Å². The Hall–Kier alpha value is -4.32. The zero-order valence-electron chi connectivity index (χ0n) is 22.7. The molecule has 3 amide bonds. The number of carbonyl (C=O) groups excluding carboxylic acids is 4. The molecular weight excluding hydrogens is 575 g/mol. The Bertz CT molecular complexity index is 1390. The highest BCUT2D eigenvalue weighted by Gasteiger charge is 2.45. The van der Waals surface area contributed by atoms with Crippen LogP contribution in [-0.2, 0) is 27.2 Å². The number of benzene rings is 2. The third-order valence-corrected chi connectivity index (χ3v) is 6.42. The van der Waals surface area contributed by atoms with Crippen LogP contribution < -0.4 is 16.0 Å². The Kier molecular flexibility index (Phi) is 11.1. The summed E-state index contributed by atoms with van der Waals surface area (Å²) in [6.45, 7) is 2.73. The van der Waals surface area contributed by atoms with Crippen molar-refractivity contribution < 1.29 is 32.3 Å². The highest BCUT2D eigenvalue weighted by Crippen LogP contribution is 2.21. The molecule has 1 heterocycles. The number of Topliss-reactive ketones (excluding diaryl/α,β-unsaturated/α-hetero) is 1. The van der Waals surface area contributed by atoms with E-state index >= 15 is 0 Å². The van der Waals surface area contributed by atoms with Crippen LogP contribution in [0.2, 0.25) is 5.02 Å². The summed E-state index contributed by atoms with van der Waals surface area (Å²) in [5.74, 6) is -5.51. The molecule has 0 spiro atoms. The third kappa shape index (κ3) is 9.37. The van der Waals surface area contributed by atoms with E-state index in [0.717, 1.165) is 0 Å². The average Bonchev–Trinajstić information content (AvgIpc) is 2.95. The summed E-state index contributed by atoms with van der Waals surface area (Å²) in [6.07, 6.45) is -1.45. The molecule has 1 aromatic heterocycles. The van der Waals surface area contributed by atoms with E-state index < -0.39 is 53.7 Å². The number of rotatable bonds is 12. The molecule has 0 aliphatic carbocycles. The van der Waals surface area contributed by atoms with Crippen molar-refractivity contribution in [2.24, 2.45) is 5.92 Å². The molecule has 3 atom stereocenters. The SMILES string of the molecule is CC(C)[C@H](NC(=O)[C@H](Cc1ccccc1)NC(=O)[C@@H](Cc1cccc(Cl)c1)NC(=O)c1cnccn1)C(=O)C(F)(F)F. The molecule has 0 radical (unpaired) electrons. The van der Waals surface area contributed by atoms with Crippen molar-refractivity contribution in [1.82, 2.24) is 25.9 Å². The first kappa shape index (κ1) is 32.2. The number of aromatic nitrogens is 2. The maximum Gasteiger partial charge on any atom is 0.452 e. The van der Waals surface area contributed by atoms with Gasteiger partial charge in [0.1, 0.15) is 17.8 Å². The fourth-order valence-corrected chi connectivity index (χ4v) is 4.27. The summed E-state index contributed by atoms with van der Waals surface area (Å²) in [6, 6.07) is 10.5. The molecule has 0 saturated heterocycles. The molecule has 0 bridgehead atoms. The predicted octanol–water partition coefficient (Wildman–Crippen LogP) is 3.47. The number of amides is 3. The quantitative estimate of drug-likeness (QED) is 0.291. The average molecular weight is 604 g/mol. The highest BCUT2D eigenvalue weighted by molar-refractivity contribution is 6.30. The van der Waals surface area contributed by atoms with Gasteiger partial charge in [0.25, 0.3) is 11.7 Å². The van der Waals surface area contributed by atoms with Gasteiger partial charge in [0.2, 0.25) is 11.8 Å². The lowest BCUT2D eigenvalue weighted by Crippen LogP contribution is -2.58. The Labute approximate surface area is 245 Å². The second-order valence-corrected chi connectivity index (χ2v) is 10.2. The minimum Gasteiger partial charge on any atom is -0.344 e. The predicted molar refractivity (Wildman–Crippen MR) is 148 cm³/mol. The molecule has 0 aliphatic rings. The van der Waals surface area contributed by atoms with Crippen molar-refractivity contribution in [2.75, 3.05) is 0 Å². The van der Waals surface area contributed by atoms with Crippen LogP contribution in [0.4, 0.5) is 13.2 Å². The number of hydrogen-bond acceptors (Lipinski definition) is 6. The zero-order valence-corrected chi connectivity index (χ0v) is 23.4. The van der Waals surface area contributed by atoms with Crippen LogP contribution in [-0.4, -0.2) is 57.8 Å². The van der Waals surface area contributed by atoms with Gasteiger partial charge in [-0.25, -0.2) is 4.98 Å². The zero-order chi connectivity index (χ0) is 30.9. The van der Waals surface area contributed by atoms with Gasteiger partial charge in [-0.05, 0) is 29.2 Å². The van der Waals surface area contributed by atoms with E-state index in [1.54, 1.807) is 54.6 Å². The van der Waals surface area contributed by atoms with E-state index in [4.69, 9.17) is 11.6 Å². The van der Waals surface area contributed by atoms with Crippen LogP contribution in [0.3, 0.4) is 0 Å². The molecule has 0 unspecified atom stereocenters. The van der Waals surface area contributed by atoms with Gasteiger partial charge in [-0.15, -0.1) is 0 Å². The van der Waals surface area contributed by atoms with Gasteiger partial charge in [-0.3, -0.25) is 24.2 Å². The Morgan fingerprint density at radius 2 is 1.45 bits per heavy atom. The summed E-state index contributed by atoms with van der Waals surface area (Å²) >= 11 is 6.09. The molecule has 222 valence electrons. The normalized spacial score (nSPS) is 13.5. The lowest BCUT2D eigenvalue weighted by molar-refractivity contribution is -0.175. The van der Waals surface area contributed by atoms with Crippen LogP contribution in [0.15, 0.2) is 73.2 Å². The monoisotopic (exact) mass is 603 g/mol. The van der Waals surface area contributed by atoms with Crippen molar-refractivity contribution in [3.63, 3.8) is 0 Å². The number of nitrogens with zero attached hydrogens (tertiary/aromatic N) is 2. The van der Waals surface area contributed by atoms with Crippen LogP contribution in [0, 0.1) is 5.92 Å². The van der Waals surface area contributed by atoms with Gasteiger partial charge in [-0.1, -0.05) is 67.9 Å². The minimum absolute atomic E-state index is 0.0424.